The Morgan fingerprint density at radius 3 is 2.81 bits per heavy atom. The minimum atomic E-state index is -0.237. The minimum Gasteiger partial charge on any atom is -0.469 e. The highest BCUT2D eigenvalue weighted by Crippen LogP contribution is 2.27. The zero-order valence-electron chi connectivity index (χ0n) is 11.3. The monoisotopic (exact) mass is 304 g/mol. The molecule has 0 amide bonds. The number of aromatic nitrogens is 3. The van der Waals surface area contributed by atoms with Crippen LogP contribution < -0.4 is 5.84 Å². The molecule has 5 nitrogen and oxygen atoms in total. The van der Waals surface area contributed by atoms with E-state index in [0.717, 1.165) is 11.3 Å². The summed E-state index contributed by atoms with van der Waals surface area (Å²) < 4.78 is 20.2. The van der Waals surface area contributed by atoms with Crippen LogP contribution in [0.3, 0.4) is 0 Å². The van der Waals surface area contributed by atoms with Gasteiger partial charge < -0.3 is 10.3 Å². The average molecular weight is 304 g/mol. The molecular formula is C14H13FN4OS. The van der Waals surface area contributed by atoms with Crippen LogP contribution in [0.2, 0.25) is 0 Å². The fraction of sp³-hybridized carbons (Fsp3) is 0.143. The number of nitrogen functional groups attached to an aromatic ring is 1. The van der Waals surface area contributed by atoms with Crippen molar-refractivity contribution in [3.63, 3.8) is 0 Å². The van der Waals surface area contributed by atoms with Gasteiger partial charge in [-0.15, -0.1) is 10.2 Å². The van der Waals surface area contributed by atoms with Gasteiger partial charge in [0, 0.05) is 5.75 Å². The summed E-state index contributed by atoms with van der Waals surface area (Å²) in [5.41, 5.74) is 1.40. The molecule has 0 aliphatic carbocycles. The molecule has 0 spiro atoms. The van der Waals surface area contributed by atoms with Crippen molar-refractivity contribution in [3.05, 3.63) is 53.7 Å². The summed E-state index contributed by atoms with van der Waals surface area (Å²) in [5.74, 6) is 7.45. The highest BCUT2D eigenvalue weighted by atomic mass is 32.2. The second-order valence-corrected chi connectivity index (χ2v) is 5.39. The first-order valence-corrected chi connectivity index (χ1v) is 7.26. The maximum atomic E-state index is 13.6. The molecule has 3 rings (SSSR count). The maximum absolute atomic E-state index is 13.6. The molecule has 0 fully saturated rings. The predicted octanol–water partition coefficient (Wildman–Crippen LogP) is 2.99. The highest BCUT2D eigenvalue weighted by molar-refractivity contribution is 7.98. The first kappa shape index (κ1) is 13.7. The topological polar surface area (TPSA) is 69.9 Å². The van der Waals surface area contributed by atoms with Gasteiger partial charge >= 0.3 is 0 Å². The van der Waals surface area contributed by atoms with E-state index in [9.17, 15) is 4.39 Å². The van der Waals surface area contributed by atoms with E-state index >= 15 is 0 Å². The molecule has 2 heterocycles. The van der Waals surface area contributed by atoms with Crippen molar-refractivity contribution in [2.24, 2.45) is 0 Å². The van der Waals surface area contributed by atoms with Crippen molar-refractivity contribution < 1.29 is 8.81 Å². The number of hydrogen-bond donors (Lipinski definition) is 1. The first-order chi connectivity index (χ1) is 10.2. The molecule has 0 radical (unpaired) electrons. The molecule has 0 aliphatic rings. The number of halogens is 1. The fourth-order valence-corrected chi connectivity index (χ4v) is 2.78. The second kappa shape index (κ2) is 5.61. The lowest BCUT2D eigenvalue weighted by Crippen LogP contribution is -2.11. The Morgan fingerprint density at radius 1 is 1.29 bits per heavy atom. The van der Waals surface area contributed by atoms with Crippen molar-refractivity contribution >= 4 is 11.8 Å². The normalized spacial score (nSPS) is 11.0. The Morgan fingerprint density at radius 2 is 2.10 bits per heavy atom. The lowest BCUT2D eigenvalue weighted by Gasteiger charge is -2.04. The van der Waals surface area contributed by atoms with Crippen LogP contribution in [0.15, 0.2) is 46.2 Å². The van der Waals surface area contributed by atoms with Crippen LogP contribution in [0.25, 0.3) is 11.4 Å². The summed E-state index contributed by atoms with van der Waals surface area (Å²) in [7, 11) is 0. The number of thioether (sulfide) groups is 1. The molecule has 108 valence electrons. The summed E-state index contributed by atoms with van der Waals surface area (Å²) in [5, 5.41) is 8.63. The van der Waals surface area contributed by atoms with Crippen molar-refractivity contribution in [1.29, 1.82) is 0 Å². The van der Waals surface area contributed by atoms with E-state index in [2.05, 4.69) is 10.2 Å². The molecule has 0 unspecified atom stereocenters. The third-order valence-corrected chi connectivity index (χ3v) is 4.07. The molecule has 0 saturated carbocycles. The molecule has 0 aliphatic heterocycles. The van der Waals surface area contributed by atoms with E-state index in [1.807, 2.05) is 6.92 Å². The van der Waals surface area contributed by atoms with Gasteiger partial charge in [-0.3, -0.25) is 0 Å². The first-order valence-electron chi connectivity index (χ1n) is 6.28. The van der Waals surface area contributed by atoms with Crippen molar-refractivity contribution in [2.75, 3.05) is 5.84 Å². The Balaban J connectivity index is 1.80. The minimum absolute atomic E-state index is 0.237. The van der Waals surface area contributed by atoms with Crippen molar-refractivity contribution in [3.8, 4) is 11.4 Å². The van der Waals surface area contributed by atoms with E-state index in [1.54, 1.807) is 30.5 Å². The van der Waals surface area contributed by atoms with Gasteiger partial charge in [-0.05, 0) is 24.6 Å². The van der Waals surface area contributed by atoms with E-state index in [1.165, 1.54) is 22.5 Å². The molecule has 2 N–H and O–H groups in total. The van der Waals surface area contributed by atoms with E-state index < -0.39 is 0 Å². The van der Waals surface area contributed by atoms with Gasteiger partial charge in [0.05, 0.1) is 11.8 Å². The van der Waals surface area contributed by atoms with Gasteiger partial charge in [0.2, 0.25) is 5.16 Å². The number of aryl methyl sites for hydroxylation is 1. The standard InChI is InChI=1S/C14H13FN4OS/c1-9-11(6-7-20-9)13-17-18-14(19(13)16)21-8-10-4-2-3-5-12(10)15/h2-7H,8,16H2,1H3. The molecule has 0 bridgehead atoms. The quantitative estimate of drug-likeness (QED) is 0.592. The number of nitrogens with zero attached hydrogens (tertiary/aromatic N) is 3. The van der Waals surface area contributed by atoms with Crippen LogP contribution >= 0.6 is 11.8 Å². The number of hydrogen-bond acceptors (Lipinski definition) is 5. The maximum Gasteiger partial charge on any atom is 0.210 e. The van der Waals surface area contributed by atoms with Crippen molar-refractivity contribution in [1.82, 2.24) is 14.9 Å². The average Bonchev–Trinajstić information content (AvgIpc) is 3.04. The summed E-state index contributed by atoms with van der Waals surface area (Å²) in [6.45, 7) is 1.83. The van der Waals surface area contributed by atoms with Gasteiger partial charge in [0.15, 0.2) is 5.82 Å². The largest absolute Gasteiger partial charge is 0.469 e. The Hall–Kier alpha value is -2.28. The van der Waals surface area contributed by atoms with Crippen LogP contribution in [0.1, 0.15) is 11.3 Å². The fourth-order valence-electron chi connectivity index (χ4n) is 1.93. The highest BCUT2D eigenvalue weighted by Gasteiger charge is 2.16. The van der Waals surface area contributed by atoms with Crippen LogP contribution in [-0.2, 0) is 5.75 Å². The molecule has 21 heavy (non-hydrogen) atoms. The molecular weight excluding hydrogens is 291 g/mol. The van der Waals surface area contributed by atoms with Gasteiger partial charge in [0.1, 0.15) is 11.6 Å². The SMILES string of the molecule is Cc1occc1-c1nnc(SCc2ccccc2F)n1N. The van der Waals surface area contributed by atoms with Crippen LogP contribution in [-0.4, -0.2) is 14.9 Å². The summed E-state index contributed by atoms with van der Waals surface area (Å²) in [4.78, 5) is 0. The summed E-state index contributed by atoms with van der Waals surface area (Å²) >= 11 is 1.33. The van der Waals surface area contributed by atoms with Crippen molar-refractivity contribution in [2.45, 2.75) is 17.8 Å². The zero-order valence-corrected chi connectivity index (χ0v) is 12.1. The molecule has 0 saturated heterocycles. The van der Waals surface area contributed by atoms with Gasteiger partial charge in [-0.25, -0.2) is 9.07 Å². The number of rotatable bonds is 4. The number of furan rings is 1. The van der Waals surface area contributed by atoms with Gasteiger partial charge in [-0.1, -0.05) is 30.0 Å². The molecule has 3 aromatic rings. The van der Waals surface area contributed by atoms with E-state index in [-0.39, 0.29) is 5.82 Å². The molecule has 2 aromatic heterocycles. The summed E-state index contributed by atoms with van der Waals surface area (Å²) in [6, 6.07) is 8.42. The predicted molar refractivity (Wildman–Crippen MR) is 78.6 cm³/mol. The molecule has 0 atom stereocenters. The van der Waals surface area contributed by atoms with Crippen LogP contribution in [0, 0.1) is 12.7 Å². The molecule has 7 heteroatoms. The van der Waals surface area contributed by atoms with Crippen LogP contribution in [0.4, 0.5) is 4.39 Å². The van der Waals surface area contributed by atoms with E-state index in [4.69, 9.17) is 10.3 Å². The summed E-state index contributed by atoms with van der Waals surface area (Å²) in [6.07, 6.45) is 1.57. The smallest absolute Gasteiger partial charge is 0.210 e. The third-order valence-electron chi connectivity index (χ3n) is 3.08. The Labute approximate surface area is 124 Å². The third kappa shape index (κ3) is 2.64. The number of nitrogens with two attached hydrogens (primary N) is 1. The van der Waals surface area contributed by atoms with E-state index in [0.29, 0.717) is 22.3 Å². The van der Waals surface area contributed by atoms with Gasteiger partial charge in [-0.2, -0.15) is 0 Å². The number of benzene rings is 1. The zero-order chi connectivity index (χ0) is 14.8. The van der Waals surface area contributed by atoms with Crippen LogP contribution in [0.5, 0.6) is 0 Å². The molecule has 1 aromatic carbocycles. The lowest BCUT2D eigenvalue weighted by molar-refractivity contribution is 0.535. The lowest BCUT2D eigenvalue weighted by atomic mass is 10.2. The Bertz CT molecular complexity index is 768. The second-order valence-electron chi connectivity index (χ2n) is 4.45. The Kier molecular flexibility index (Phi) is 3.66. The van der Waals surface area contributed by atoms with Gasteiger partial charge in [0.25, 0.3) is 0 Å².